The Hall–Kier alpha value is -3.35. The van der Waals surface area contributed by atoms with E-state index in [1.54, 1.807) is 51.1 Å². The summed E-state index contributed by atoms with van der Waals surface area (Å²) < 4.78 is 10.5. The first-order valence-electron chi connectivity index (χ1n) is 9.99. The lowest BCUT2D eigenvalue weighted by Crippen LogP contribution is -2.36. The van der Waals surface area contributed by atoms with Gasteiger partial charge in [0.15, 0.2) is 0 Å². The molecule has 166 valence electrons. The number of nitrogens with one attached hydrogen (secondary N) is 1. The highest BCUT2D eigenvalue weighted by Crippen LogP contribution is 2.18. The number of carboxylic acids is 1. The first kappa shape index (κ1) is 23.9. The van der Waals surface area contributed by atoms with Crippen LogP contribution in [0.5, 0.6) is 0 Å². The number of carbonyl (C=O) groups is 3. The summed E-state index contributed by atoms with van der Waals surface area (Å²) in [4.78, 5) is 35.8. The molecule has 0 aromatic heterocycles. The molecular weight excluding hydrogens is 398 g/mol. The van der Waals surface area contributed by atoms with Crippen LogP contribution in [0.4, 0.5) is 4.79 Å². The van der Waals surface area contributed by atoms with Crippen molar-refractivity contribution in [2.75, 3.05) is 6.54 Å². The quantitative estimate of drug-likeness (QED) is 0.637. The molecule has 7 heteroatoms. The van der Waals surface area contributed by atoms with Crippen molar-refractivity contribution in [3.05, 3.63) is 70.3 Å². The summed E-state index contributed by atoms with van der Waals surface area (Å²) in [5.74, 6) is -2.41. The van der Waals surface area contributed by atoms with Crippen molar-refractivity contribution >= 4 is 18.0 Å². The van der Waals surface area contributed by atoms with Gasteiger partial charge in [0.1, 0.15) is 12.2 Å². The van der Waals surface area contributed by atoms with E-state index in [-0.39, 0.29) is 13.2 Å². The summed E-state index contributed by atoms with van der Waals surface area (Å²) in [5.41, 5.74) is 3.01. The maximum Gasteiger partial charge on any atom is 0.407 e. The zero-order chi connectivity index (χ0) is 23.2. The van der Waals surface area contributed by atoms with Crippen molar-refractivity contribution in [3.8, 4) is 0 Å². The van der Waals surface area contributed by atoms with E-state index in [4.69, 9.17) is 9.47 Å². The van der Waals surface area contributed by atoms with E-state index in [2.05, 4.69) is 5.32 Å². The molecule has 7 nitrogen and oxygen atoms in total. The zero-order valence-electron chi connectivity index (χ0n) is 18.5. The maximum atomic E-state index is 12.3. The van der Waals surface area contributed by atoms with Gasteiger partial charge in [-0.15, -0.1) is 0 Å². The van der Waals surface area contributed by atoms with Crippen LogP contribution in [0.25, 0.3) is 0 Å². The Morgan fingerprint density at radius 2 is 1.68 bits per heavy atom. The first-order valence-corrected chi connectivity index (χ1v) is 9.99. The standard InChI is InChI=1S/C24H29NO6/c1-15-6-11-19(16(2)12-15)22(28)30-14-17-7-9-18(10-8-17)20(21(26)27)13-25-23(29)31-24(3,4)5/h6-12,20H,13-14H2,1-5H3,(H,25,29)(H,26,27)/t20-/m0/s1. The molecule has 0 aliphatic heterocycles. The Labute approximate surface area is 182 Å². The highest BCUT2D eigenvalue weighted by Gasteiger charge is 2.23. The highest BCUT2D eigenvalue weighted by molar-refractivity contribution is 5.91. The Morgan fingerprint density at radius 3 is 2.23 bits per heavy atom. The number of aryl methyl sites for hydroxylation is 2. The second-order valence-corrected chi connectivity index (χ2v) is 8.41. The second kappa shape index (κ2) is 10.1. The number of alkyl carbamates (subject to hydrolysis) is 1. The molecule has 0 saturated carbocycles. The Kier molecular flexibility index (Phi) is 7.80. The number of ether oxygens (including phenoxy) is 2. The van der Waals surface area contributed by atoms with E-state index in [1.165, 1.54) is 0 Å². The number of carbonyl (C=O) groups excluding carboxylic acids is 2. The number of rotatable bonds is 7. The lowest BCUT2D eigenvalue weighted by atomic mass is 9.98. The molecule has 0 radical (unpaired) electrons. The van der Waals surface area contributed by atoms with Crippen LogP contribution in [-0.4, -0.2) is 35.3 Å². The molecule has 31 heavy (non-hydrogen) atoms. The molecule has 0 saturated heterocycles. The summed E-state index contributed by atoms with van der Waals surface area (Å²) >= 11 is 0. The Morgan fingerprint density at radius 1 is 1.03 bits per heavy atom. The van der Waals surface area contributed by atoms with Gasteiger partial charge >= 0.3 is 18.0 Å². The molecule has 2 aromatic carbocycles. The average molecular weight is 427 g/mol. The number of esters is 1. The number of aliphatic carboxylic acids is 1. The Balaban J connectivity index is 1.97. The van der Waals surface area contributed by atoms with Gasteiger partial charge in [-0.25, -0.2) is 9.59 Å². The SMILES string of the molecule is Cc1ccc(C(=O)OCc2ccc([C@H](CNC(=O)OC(C)(C)C)C(=O)O)cc2)c(C)c1. The summed E-state index contributed by atoms with van der Waals surface area (Å²) in [7, 11) is 0. The van der Waals surface area contributed by atoms with Crippen molar-refractivity contribution < 1.29 is 29.0 Å². The second-order valence-electron chi connectivity index (χ2n) is 8.41. The molecule has 0 aliphatic carbocycles. The fraction of sp³-hybridized carbons (Fsp3) is 0.375. The summed E-state index contributed by atoms with van der Waals surface area (Å²) in [6.45, 7) is 8.96. The van der Waals surface area contributed by atoms with Crippen molar-refractivity contribution in [2.24, 2.45) is 0 Å². The monoisotopic (exact) mass is 427 g/mol. The summed E-state index contributed by atoms with van der Waals surface area (Å²) in [6.07, 6.45) is -0.673. The third-order valence-electron chi connectivity index (χ3n) is 4.50. The van der Waals surface area contributed by atoms with Gasteiger partial charge in [0, 0.05) is 6.54 Å². The Bertz CT molecular complexity index is 944. The normalized spacial score (nSPS) is 12.0. The first-order chi connectivity index (χ1) is 14.5. The molecular formula is C24H29NO6. The van der Waals surface area contributed by atoms with Gasteiger partial charge in [0.25, 0.3) is 0 Å². The molecule has 2 N–H and O–H groups in total. The number of benzene rings is 2. The van der Waals surface area contributed by atoms with E-state index in [0.29, 0.717) is 11.1 Å². The summed E-state index contributed by atoms with van der Waals surface area (Å²) in [5, 5.41) is 12.0. The van der Waals surface area contributed by atoms with Gasteiger partial charge in [-0.05, 0) is 57.4 Å². The van der Waals surface area contributed by atoms with Crippen LogP contribution < -0.4 is 5.32 Å². The fourth-order valence-electron chi connectivity index (χ4n) is 2.96. The average Bonchev–Trinajstić information content (AvgIpc) is 2.65. The number of hydrogen-bond acceptors (Lipinski definition) is 5. The molecule has 0 unspecified atom stereocenters. The lowest BCUT2D eigenvalue weighted by Gasteiger charge is -2.21. The van der Waals surface area contributed by atoms with Gasteiger partial charge < -0.3 is 19.9 Å². The largest absolute Gasteiger partial charge is 0.481 e. The fourth-order valence-corrected chi connectivity index (χ4v) is 2.96. The third kappa shape index (κ3) is 7.44. The lowest BCUT2D eigenvalue weighted by molar-refractivity contribution is -0.138. The minimum absolute atomic E-state index is 0.0698. The van der Waals surface area contributed by atoms with E-state index >= 15 is 0 Å². The topological polar surface area (TPSA) is 102 Å². The third-order valence-corrected chi connectivity index (χ3v) is 4.50. The zero-order valence-corrected chi connectivity index (χ0v) is 18.5. The summed E-state index contributed by atoms with van der Waals surface area (Å²) in [6, 6.07) is 12.2. The molecule has 2 rings (SSSR count). The minimum atomic E-state index is -1.06. The van der Waals surface area contributed by atoms with E-state index in [1.807, 2.05) is 26.0 Å². The molecule has 0 spiro atoms. The molecule has 1 atom stereocenters. The number of hydrogen-bond donors (Lipinski definition) is 2. The minimum Gasteiger partial charge on any atom is -0.481 e. The molecule has 0 heterocycles. The van der Waals surface area contributed by atoms with Gasteiger partial charge in [-0.1, -0.05) is 42.0 Å². The van der Waals surface area contributed by atoms with Gasteiger partial charge in [-0.3, -0.25) is 4.79 Å². The molecule has 0 aliphatic rings. The van der Waals surface area contributed by atoms with Crippen LogP contribution in [0, 0.1) is 13.8 Å². The van der Waals surface area contributed by atoms with E-state index in [0.717, 1.165) is 16.7 Å². The predicted molar refractivity (Wildman–Crippen MR) is 116 cm³/mol. The number of carboxylic acid groups (broad SMARTS) is 1. The van der Waals surface area contributed by atoms with Gasteiger partial charge in [0.05, 0.1) is 11.5 Å². The van der Waals surface area contributed by atoms with Gasteiger partial charge in [-0.2, -0.15) is 0 Å². The smallest absolute Gasteiger partial charge is 0.407 e. The maximum absolute atomic E-state index is 12.3. The van der Waals surface area contributed by atoms with Crippen LogP contribution in [0.15, 0.2) is 42.5 Å². The molecule has 2 aromatic rings. The van der Waals surface area contributed by atoms with Crippen molar-refractivity contribution in [2.45, 2.75) is 52.7 Å². The van der Waals surface area contributed by atoms with Crippen molar-refractivity contribution in [1.29, 1.82) is 0 Å². The van der Waals surface area contributed by atoms with Crippen molar-refractivity contribution in [3.63, 3.8) is 0 Å². The van der Waals surface area contributed by atoms with Crippen LogP contribution >= 0.6 is 0 Å². The van der Waals surface area contributed by atoms with E-state index in [9.17, 15) is 19.5 Å². The molecule has 0 fully saturated rings. The highest BCUT2D eigenvalue weighted by atomic mass is 16.6. The predicted octanol–water partition coefficient (Wildman–Crippen LogP) is 4.35. The molecule has 0 bridgehead atoms. The van der Waals surface area contributed by atoms with Crippen LogP contribution in [0.1, 0.15) is 59.3 Å². The number of amides is 1. The van der Waals surface area contributed by atoms with Crippen LogP contribution in [-0.2, 0) is 20.9 Å². The van der Waals surface area contributed by atoms with Gasteiger partial charge in [0.2, 0.25) is 0 Å². The van der Waals surface area contributed by atoms with Crippen LogP contribution in [0.2, 0.25) is 0 Å². The van der Waals surface area contributed by atoms with Crippen LogP contribution in [0.3, 0.4) is 0 Å². The molecule has 1 amide bonds. The van der Waals surface area contributed by atoms with E-state index < -0.39 is 29.6 Å². The van der Waals surface area contributed by atoms with Crippen molar-refractivity contribution in [1.82, 2.24) is 5.32 Å².